The zero-order valence-electron chi connectivity index (χ0n) is 13.6. The van der Waals surface area contributed by atoms with E-state index in [4.69, 9.17) is 23.2 Å². The highest BCUT2D eigenvalue weighted by molar-refractivity contribution is 6.40. The van der Waals surface area contributed by atoms with E-state index < -0.39 is 0 Å². The molecule has 123 valence electrons. The molecule has 0 bridgehead atoms. The van der Waals surface area contributed by atoms with Crippen LogP contribution < -0.4 is 5.32 Å². The first-order chi connectivity index (χ1) is 10.4. The highest BCUT2D eigenvalue weighted by atomic mass is 35.5. The summed E-state index contributed by atoms with van der Waals surface area (Å²) in [6.07, 6.45) is 11.9. The quantitative estimate of drug-likeness (QED) is 0.684. The molecule has 2 rings (SSSR count). The summed E-state index contributed by atoms with van der Waals surface area (Å²) in [5.74, 6) is 0.793. The average Bonchev–Trinajstić information content (AvgIpc) is 2.50. The second kappa shape index (κ2) is 7.88. The first-order valence-electron chi connectivity index (χ1n) is 8.33. The van der Waals surface area contributed by atoms with Crippen LogP contribution in [0.1, 0.15) is 65.2 Å². The van der Waals surface area contributed by atoms with E-state index >= 15 is 0 Å². The van der Waals surface area contributed by atoms with Gasteiger partial charge in [-0.05, 0) is 44.1 Å². The number of hydrogen-bond acceptors (Lipinski definition) is 1. The van der Waals surface area contributed by atoms with Gasteiger partial charge in [-0.2, -0.15) is 0 Å². The molecule has 0 saturated heterocycles. The van der Waals surface area contributed by atoms with Gasteiger partial charge in [0.2, 0.25) is 5.91 Å². The van der Waals surface area contributed by atoms with Gasteiger partial charge in [0.25, 0.3) is 0 Å². The number of rotatable bonds is 5. The fourth-order valence-electron chi connectivity index (χ4n) is 3.31. The fraction of sp³-hybridized carbons (Fsp3) is 0.667. The van der Waals surface area contributed by atoms with Gasteiger partial charge in [0, 0.05) is 22.6 Å². The molecule has 0 atom stereocenters. The van der Waals surface area contributed by atoms with Gasteiger partial charge in [-0.3, -0.25) is 4.79 Å². The van der Waals surface area contributed by atoms with Crippen LogP contribution in [0.2, 0.25) is 0 Å². The van der Waals surface area contributed by atoms with Crippen LogP contribution in [-0.2, 0) is 4.79 Å². The second-order valence-electron chi connectivity index (χ2n) is 6.99. The third kappa shape index (κ3) is 4.52. The number of carbonyl (C=O) groups is 1. The predicted molar refractivity (Wildman–Crippen MR) is 93.5 cm³/mol. The third-order valence-corrected chi connectivity index (χ3v) is 5.58. The van der Waals surface area contributed by atoms with Crippen molar-refractivity contribution in [1.29, 1.82) is 0 Å². The van der Waals surface area contributed by atoms with Gasteiger partial charge in [0.15, 0.2) is 0 Å². The lowest BCUT2D eigenvalue weighted by Crippen LogP contribution is -2.42. The Morgan fingerprint density at radius 1 is 1.27 bits per heavy atom. The monoisotopic (exact) mass is 342 g/mol. The molecule has 1 saturated carbocycles. The van der Waals surface area contributed by atoms with Crippen LogP contribution in [0.3, 0.4) is 0 Å². The number of amides is 1. The average molecular weight is 343 g/mol. The van der Waals surface area contributed by atoms with Crippen molar-refractivity contribution in [2.45, 2.75) is 65.2 Å². The minimum Gasteiger partial charge on any atom is -0.329 e. The normalized spacial score (nSPS) is 21.8. The summed E-state index contributed by atoms with van der Waals surface area (Å²) < 4.78 is 0. The van der Waals surface area contributed by atoms with E-state index in [1.807, 2.05) is 6.42 Å². The number of halogens is 2. The molecule has 0 aromatic heterocycles. The van der Waals surface area contributed by atoms with E-state index in [1.54, 1.807) is 6.08 Å². The van der Waals surface area contributed by atoms with E-state index in [0.717, 1.165) is 44.2 Å². The maximum atomic E-state index is 12.9. The molecule has 2 nitrogen and oxygen atoms in total. The molecule has 0 heterocycles. The molecule has 4 heteroatoms. The molecule has 0 aromatic carbocycles. The van der Waals surface area contributed by atoms with Gasteiger partial charge in [-0.25, -0.2) is 0 Å². The van der Waals surface area contributed by atoms with Crippen LogP contribution in [0.15, 0.2) is 21.8 Å². The fourth-order valence-corrected chi connectivity index (χ4v) is 3.63. The van der Waals surface area contributed by atoms with Crippen molar-refractivity contribution < 1.29 is 4.79 Å². The molecule has 1 fully saturated rings. The van der Waals surface area contributed by atoms with Gasteiger partial charge in [-0.1, -0.05) is 56.3 Å². The maximum Gasteiger partial charge on any atom is 0.230 e. The molecule has 2 aliphatic carbocycles. The molecule has 22 heavy (non-hydrogen) atoms. The summed E-state index contributed by atoms with van der Waals surface area (Å²) in [5.41, 5.74) is 0.586. The van der Waals surface area contributed by atoms with Gasteiger partial charge in [-0.15, -0.1) is 0 Å². The number of allylic oxidation sites excluding steroid dienone is 4. The zero-order chi connectivity index (χ0) is 16.2. The Hall–Kier alpha value is -0.470. The Morgan fingerprint density at radius 3 is 2.55 bits per heavy atom. The third-order valence-electron chi connectivity index (χ3n) is 4.79. The van der Waals surface area contributed by atoms with Gasteiger partial charge in [0.05, 0.1) is 5.03 Å². The molecule has 0 aliphatic heterocycles. The van der Waals surface area contributed by atoms with E-state index in [2.05, 4.69) is 19.2 Å². The van der Waals surface area contributed by atoms with E-state index in [1.165, 1.54) is 6.42 Å². The molecule has 1 amide bonds. The van der Waals surface area contributed by atoms with E-state index in [-0.39, 0.29) is 11.3 Å². The van der Waals surface area contributed by atoms with Gasteiger partial charge >= 0.3 is 0 Å². The largest absolute Gasteiger partial charge is 0.329 e. The molecular weight excluding hydrogens is 317 g/mol. The Morgan fingerprint density at radius 2 is 1.95 bits per heavy atom. The van der Waals surface area contributed by atoms with Crippen LogP contribution >= 0.6 is 23.2 Å². The molecule has 1 N–H and O–H groups in total. The second-order valence-corrected chi connectivity index (χ2v) is 7.85. The molecule has 0 unspecified atom stereocenters. The molecular formula is C18H26Cl2NO. The summed E-state index contributed by atoms with van der Waals surface area (Å²) >= 11 is 12.1. The van der Waals surface area contributed by atoms with Crippen LogP contribution in [0.25, 0.3) is 0 Å². The van der Waals surface area contributed by atoms with Gasteiger partial charge < -0.3 is 5.32 Å². The maximum absolute atomic E-state index is 12.9. The van der Waals surface area contributed by atoms with Crippen molar-refractivity contribution in [2.75, 3.05) is 0 Å². The summed E-state index contributed by atoms with van der Waals surface area (Å²) in [4.78, 5) is 12.9. The minimum absolute atomic E-state index is 0.165. The SMILES string of the molecule is CC(C)CCC1(C(=O)NC2=CC(Cl)=C(Cl)C[CH]2)CCCCC1. The Balaban J connectivity index is 2.07. The van der Waals surface area contributed by atoms with Crippen molar-refractivity contribution in [2.24, 2.45) is 11.3 Å². The lowest BCUT2D eigenvalue weighted by molar-refractivity contribution is -0.132. The number of nitrogens with one attached hydrogen (secondary N) is 1. The lowest BCUT2D eigenvalue weighted by atomic mass is 9.69. The predicted octanol–water partition coefficient (Wildman–Crippen LogP) is 5.67. The van der Waals surface area contributed by atoms with Crippen LogP contribution in [-0.4, -0.2) is 5.91 Å². The first-order valence-corrected chi connectivity index (χ1v) is 9.09. The van der Waals surface area contributed by atoms with E-state index in [9.17, 15) is 4.79 Å². The smallest absolute Gasteiger partial charge is 0.230 e. The lowest BCUT2D eigenvalue weighted by Gasteiger charge is -2.37. The van der Waals surface area contributed by atoms with Crippen LogP contribution in [0.5, 0.6) is 0 Å². The summed E-state index contributed by atoms with van der Waals surface area (Å²) in [5, 5.41) is 4.25. The standard InChI is InChI=1S/C18H26Cl2NO/c1-13(2)8-11-18(9-4-3-5-10-18)17(22)21-14-6-7-15(19)16(20)12-14/h6,12-13H,3-5,7-11H2,1-2H3,(H,21,22). The van der Waals surface area contributed by atoms with Crippen molar-refractivity contribution in [3.05, 3.63) is 28.3 Å². The van der Waals surface area contributed by atoms with Crippen molar-refractivity contribution in [3.8, 4) is 0 Å². The Kier molecular flexibility index (Phi) is 6.40. The first kappa shape index (κ1) is 17.9. The summed E-state index contributed by atoms with van der Waals surface area (Å²) in [6, 6.07) is 0. The zero-order valence-corrected chi connectivity index (χ0v) is 15.1. The Labute approximate surface area is 144 Å². The summed E-state index contributed by atoms with van der Waals surface area (Å²) in [6.45, 7) is 4.44. The Bertz CT molecular complexity index is 473. The highest BCUT2D eigenvalue weighted by Crippen LogP contribution is 2.42. The van der Waals surface area contributed by atoms with Crippen LogP contribution in [0, 0.1) is 17.8 Å². The molecule has 1 radical (unpaired) electrons. The van der Waals surface area contributed by atoms with Crippen LogP contribution in [0.4, 0.5) is 0 Å². The topological polar surface area (TPSA) is 29.1 Å². The van der Waals surface area contributed by atoms with Gasteiger partial charge in [0.1, 0.15) is 0 Å². The van der Waals surface area contributed by atoms with E-state index in [0.29, 0.717) is 22.4 Å². The number of hydrogen-bond donors (Lipinski definition) is 1. The summed E-state index contributed by atoms with van der Waals surface area (Å²) in [7, 11) is 0. The highest BCUT2D eigenvalue weighted by Gasteiger charge is 2.39. The van der Waals surface area contributed by atoms with Crippen molar-refractivity contribution in [1.82, 2.24) is 5.32 Å². The molecule has 2 aliphatic rings. The molecule has 0 aromatic rings. The molecule has 0 spiro atoms. The van der Waals surface area contributed by atoms with Crippen molar-refractivity contribution >= 4 is 29.1 Å². The van der Waals surface area contributed by atoms with Crippen molar-refractivity contribution in [3.63, 3.8) is 0 Å². The minimum atomic E-state index is -0.200. The number of carbonyl (C=O) groups excluding carboxylic acids is 1.